The molecule has 2 rings (SSSR count). The van der Waals surface area contributed by atoms with Crippen LogP contribution in [0.3, 0.4) is 0 Å². The van der Waals surface area contributed by atoms with E-state index in [1.54, 1.807) is 0 Å². The molecule has 1 heteroatoms. The third-order valence-electron chi connectivity index (χ3n) is 3.30. The summed E-state index contributed by atoms with van der Waals surface area (Å²) in [6, 6.07) is 0. The van der Waals surface area contributed by atoms with Crippen molar-refractivity contribution in [3.05, 3.63) is 0 Å². The summed E-state index contributed by atoms with van der Waals surface area (Å²) < 4.78 is 0. The molecule has 2 fully saturated rings. The maximum atomic E-state index is 9.46. The Morgan fingerprint density at radius 1 is 1.30 bits per heavy atom. The van der Waals surface area contributed by atoms with Crippen molar-refractivity contribution in [1.82, 2.24) is 0 Å². The van der Waals surface area contributed by atoms with E-state index >= 15 is 0 Å². The van der Waals surface area contributed by atoms with Gasteiger partial charge in [-0.05, 0) is 36.5 Å². The van der Waals surface area contributed by atoms with Gasteiger partial charge in [-0.2, -0.15) is 0 Å². The van der Waals surface area contributed by atoms with Crippen LogP contribution in [0, 0.1) is 23.7 Å². The number of aliphatic hydroxyl groups is 1. The second-order valence-electron chi connectivity index (χ2n) is 4.21. The molecule has 0 bridgehead atoms. The normalized spacial score (nSPS) is 51.6. The zero-order valence-electron chi connectivity index (χ0n) is 6.75. The van der Waals surface area contributed by atoms with Crippen molar-refractivity contribution in [2.24, 2.45) is 23.7 Å². The summed E-state index contributed by atoms with van der Waals surface area (Å²) in [6.07, 6.45) is 2.41. The SMILES string of the molecule is CC(C)[C@H]1[C@@H]2CC[C@@H](O)[C@@H]21. The van der Waals surface area contributed by atoms with Crippen molar-refractivity contribution in [1.29, 1.82) is 0 Å². The van der Waals surface area contributed by atoms with Gasteiger partial charge in [-0.15, -0.1) is 0 Å². The van der Waals surface area contributed by atoms with Gasteiger partial charge >= 0.3 is 0 Å². The van der Waals surface area contributed by atoms with E-state index in [1.807, 2.05) is 0 Å². The fourth-order valence-corrected chi connectivity index (χ4v) is 2.85. The average Bonchev–Trinajstić information content (AvgIpc) is 2.48. The fourth-order valence-electron chi connectivity index (χ4n) is 2.85. The molecule has 0 radical (unpaired) electrons. The van der Waals surface area contributed by atoms with Crippen LogP contribution in [0.4, 0.5) is 0 Å². The van der Waals surface area contributed by atoms with Crippen LogP contribution in [-0.4, -0.2) is 11.2 Å². The summed E-state index contributed by atoms with van der Waals surface area (Å²) in [5.74, 6) is 3.25. The molecule has 1 N–H and O–H groups in total. The summed E-state index contributed by atoms with van der Waals surface area (Å²) in [5, 5.41) is 9.46. The smallest absolute Gasteiger partial charge is 0.0574 e. The summed E-state index contributed by atoms with van der Waals surface area (Å²) in [7, 11) is 0. The highest BCUT2D eigenvalue weighted by Gasteiger charge is 2.58. The standard InChI is InChI=1S/C9H16O/c1-5(2)8-6-3-4-7(10)9(6)8/h5-10H,3-4H2,1-2H3/t6-,7+,8-,9+/m0/s1. The molecule has 58 valence electrons. The lowest BCUT2D eigenvalue weighted by molar-refractivity contribution is 0.144. The monoisotopic (exact) mass is 140 g/mol. The van der Waals surface area contributed by atoms with Gasteiger partial charge in [0, 0.05) is 0 Å². The highest BCUT2D eigenvalue weighted by atomic mass is 16.3. The Kier molecular flexibility index (Phi) is 1.31. The summed E-state index contributed by atoms with van der Waals surface area (Å²) in [4.78, 5) is 0. The van der Waals surface area contributed by atoms with Crippen LogP contribution >= 0.6 is 0 Å². The van der Waals surface area contributed by atoms with Crippen LogP contribution in [0.15, 0.2) is 0 Å². The van der Waals surface area contributed by atoms with E-state index < -0.39 is 0 Å². The Morgan fingerprint density at radius 3 is 2.30 bits per heavy atom. The zero-order valence-corrected chi connectivity index (χ0v) is 6.75. The summed E-state index contributed by atoms with van der Waals surface area (Å²) >= 11 is 0. The van der Waals surface area contributed by atoms with Crippen molar-refractivity contribution < 1.29 is 5.11 Å². The lowest BCUT2D eigenvalue weighted by Gasteiger charge is -2.09. The molecule has 1 nitrogen and oxygen atoms in total. The third-order valence-corrected chi connectivity index (χ3v) is 3.30. The highest BCUT2D eigenvalue weighted by Crippen LogP contribution is 2.60. The van der Waals surface area contributed by atoms with Gasteiger partial charge in [0.2, 0.25) is 0 Å². The van der Waals surface area contributed by atoms with Crippen molar-refractivity contribution in [2.75, 3.05) is 0 Å². The topological polar surface area (TPSA) is 20.2 Å². The molecule has 0 aromatic carbocycles. The number of hydrogen-bond acceptors (Lipinski definition) is 1. The fraction of sp³-hybridized carbons (Fsp3) is 1.00. The van der Waals surface area contributed by atoms with E-state index in [0.717, 1.165) is 24.2 Å². The van der Waals surface area contributed by atoms with Crippen LogP contribution in [-0.2, 0) is 0 Å². The largest absolute Gasteiger partial charge is 0.393 e. The number of aliphatic hydroxyl groups excluding tert-OH is 1. The molecule has 10 heavy (non-hydrogen) atoms. The lowest BCUT2D eigenvalue weighted by Crippen LogP contribution is -2.09. The zero-order chi connectivity index (χ0) is 7.30. The van der Waals surface area contributed by atoms with Crippen LogP contribution in [0.5, 0.6) is 0 Å². The predicted molar refractivity (Wildman–Crippen MR) is 40.5 cm³/mol. The minimum Gasteiger partial charge on any atom is -0.393 e. The molecule has 0 saturated heterocycles. The summed E-state index contributed by atoms with van der Waals surface area (Å²) in [6.45, 7) is 4.55. The first-order chi connectivity index (χ1) is 4.72. The van der Waals surface area contributed by atoms with Crippen LogP contribution in [0.1, 0.15) is 26.7 Å². The Morgan fingerprint density at radius 2 is 2.00 bits per heavy atom. The molecule has 4 atom stereocenters. The van der Waals surface area contributed by atoms with E-state index in [0.29, 0.717) is 5.92 Å². The van der Waals surface area contributed by atoms with E-state index in [1.165, 1.54) is 6.42 Å². The molecule has 2 aliphatic rings. The van der Waals surface area contributed by atoms with Crippen LogP contribution < -0.4 is 0 Å². The summed E-state index contributed by atoms with van der Waals surface area (Å²) in [5.41, 5.74) is 0. The van der Waals surface area contributed by atoms with Gasteiger partial charge in [0.25, 0.3) is 0 Å². The van der Waals surface area contributed by atoms with Gasteiger partial charge < -0.3 is 5.11 Å². The van der Waals surface area contributed by atoms with Crippen molar-refractivity contribution in [2.45, 2.75) is 32.8 Å². The van der Waals surface area contributed by atoms with E-state index in [-0.39, 0.29) is 6.10 Å². The first-order valence-corrected chi connectivity index (χ1v) is 4.40. The quantitative estimate of drug-likeness (QED) is 0.587. The third kappa shape index (κ3) is 0.731. The average molecular weight is 140 g/mol. The molecular weight excluding hydrogens is 124 g/mol. The first kappa shape index (κ1) is 6.66. The molecule has 0 heterocycles. The number of fused-ring (bicyclic) bond motifs is 1. The number of rotatable bonds is 1. The minimum absolute atomic E-state index is 0.0531. The van der Waals surface area contributed by atoms with Gasteiger partial charge in [0.15, 0.2) is 0 Å². The van der Waals surface area contributed by atoms with Crippen LogP contribution in [0.2, 0.25) is 0 Å². The van der Waals surface area contributed by atoms with Gasteiger partial charge in [-0.3, -0.25) is 0 Å². The second-order valence-corrected chi connectivity index (χ2v) is 4.21. The molecule has 2 aliphatic carbocycles. The molecule has 0 spiro atoms. The van der Waals surface area contributed by atoms with Gasteiger partial charge in [0.05, 0.1) is 6.10 Å². The van der Waals surface area contributed by atoms with Gasteiger partial charge in [-0.25, -0.2) is 0 Å². The van der Waals surface area contributed by atoms with Gasteiger partial charge in [-0.1, -0.05) is 13.8 Å². The maximum absolute atomic E-state index is 9.46. The first-order valence-electron chi connectivity index (χ1n) is 4.40. The van der Waals surface area contributed by atoms with Crippen molar-refractivity contribution >= 4 is 0 Å². The predicted octanol–water partition coefficient (Wildman–Crippen LogP) is 1.66. The van der Waals surface area contributed by atoms with Crippen molar-refractivity contribution in [3.8, 4) is 0 Å². The Balaban J connectivity index is 1.98. The Bertz CT molecular complexity index is 138. The highest BCUT2D eigenvalue weighted by molar-refractivity contribution is 5.06. The Hall–Kier alpha value is -0.0400. The van der Waals surface area contributed by atoms with E-state index in [9.17, 15) is 5.11 Å². The molecule has 0 aromatic heterocycles. The van der Waals surface area contributed by atoms with Gasteiger partial charge in [0.1, 0.15) is 0 Å². The number of hydrogen-bond donors (Lipinski definition) is 1. The second kappa shape index (κ2) is 1.97. The van der Waals surface area contributed by atoms with Crippen LogP contribution in [0.25, 0.3) is 0 Å². The molecule has 0 aromatic rings. The van der Waals surface area contributed by atoms with E-state index in [2.05, 4.69) is 13.8 Å². The van der Waals surface area contributed by atoms with Crippen molar-refractivity contribution in [3.63, 3.8) is 0 Å². The van der Waals surface area contributed by atoms with E-state index in [4.69, 9.17) is 0 Å². The maximum Gasteiger partial charge on any atom is 0.0574 e. The molecule has 0 aliphatic heterocycles. The minimum atomic E-state index is 0.0531. The molecule has 0 unspecified atom stereocenters. The molecule has 0 amide bonds. The Labute approximate surface area is 62.4 Å². The lowest BCUT2D eigenvalue weighted by atomic mass is 10.00. The molecule has 2 saturated carbocycles. The molecular formula is C9H16O.